The second-order valence-corrected chi connectivity index (χ2v) is 5.27. The van der Waals surface area contributed by atoms with Gasteiger partial charge in [0.1, 0.15) is 5.75 Å². The lowest BCUT2D eigenvalue weighted by Crippen LogP contribution is -2.35. The maximum Gasteiger partial charge on any atom is 0.513 e. The molecule has 0 bridgehead atoms. The molecule has 1 aromatic carbocycles. The number of H-pyrrole nitrogens is 1. The molecule has 6 nitrogen and oxygen atoms in total. The van der Waals surface area contributed by atoms with Gasteiger partial charge in [0, 0.05) is 37.0 Å². The molecule has 0 saturated carbocycles. The maximum absolute atomic E-state index is 12.6. The summed E-state index contributed by atoms with van der Waals surface area (Å²) >= 11 is 0. The average molecular weight is 314 g/mol. The lowest BCUT2D eigenvalue weighted by molar-refractivity contribution is 0.0734. The lowest BCUT2D eigenvalue weighted by atomic mass is 10.1. The molecule has 23 heavy (non-hydrogen) atoms. The third-order valence-corrected chi connectivity index (χ3v) is 3.77. The highest BCUT2D eigenvalue weighted by atomic mass is 16.7. The summed E-state index contributed by atoms with van der Waals surface area (Å²) in [5.41, 5.74) is 2.93. The first-order valence-corrected chi connectivity index (χ1v) is 7.56. The summed E-state index contributed by atoms with van der Waals surface area (Å²) in [5.74, 6) is 0.325. The van der Waals surface area contributed by atoms with Gasteiger partial charge in [0.15, 0.2) is 0 Å². The van der Waals surface area contributed by atoms with Gasteiger partial charge in [-0.05, 0) is 42.8 Å². The zero-order valence-corrected chi connectivity index (χ0v) is 12.9. The van der Waals surface area contributed by atoms with E-state index < -0.39 is 6.16 Å². The smallest absolute Gasteiger partial charge is 0.434 e. The van der Waals surface area contributed by atoms with Crippen LogP contribution in [0.3, 0.4) is 0 Å². The van der Waals surface area contributed by atoms with E-state index in [9.17, 15) is 9.59 Å². The molecule has 0 unspecified atom stereocenters. The van der Waals surface area contributed by atoms with Gasteiger partial charge >= 0.3 is 6.16 Å². The summed E-state index contributed by atoms with van der Waals surface area (Å²) in [6.45, 7) is 3.26. The fourth-order valence-corrected chi connectivity index (χ4v) is 2.61. The number of carbonyl (C=O) groups excluding carboxylic acids is 2. The van der Waals surface area contributed by atoms with E-state index in [-0.39, 0.29) is 12.5 Å². The van der Waals surface area contributed by atoms with E-state index in [1.807, 2.05) is 17.2 Å². The molecule has 1 aromatic heterocycles. The van der Waals surface area contributed by atoms with E-state index in [0.29, 0.717) is 24.4 Å². The van der Waals surface area contributed by atoms with Gasteiger partial charge in [-0.25, -0.2) is 4.79 Å². The molecule has 120 valence electrons. The van der Waals surface area contributed by atoms with Crippen molar-refractivity contribution in [1.82, 2.24) is 9.88 Å². The number of aromatic nitrogens is 1. The predicted molar refractivity (Wildman–Crippen MR) is 83.3 cm³/mol. The van der Waals surface area contributed by atoms with Crippen LogP contribution in [0.4, 0.5) is 4.79 Å². The summed E-state index contributed by atoms with van der Waals surface area (Å²) in [5, 5.41) is 0. The molecule has 1 N–H and O–H groups in total. The largest absolute Gasteiger partial charge is 0.513 e. The maximum atomic E-state index is 12.6. The summed E-state index contributed by atoms with van der Waals surface area (Å²) in [4.78, 5) is 28.8. The molecular weight excluding hydrogens is 296 g/mol. The van der Waals surface area contributed by atoms with Crippen LogP contribution >= 0.6 is 0 Å². The number of amides is 1. The molecule has 3 rings (SSSR count). The first-order valence-electron chi connectivity index (χ1n) is 7.56. The number of hydrogen-bond acceptors (Lipinski definition) is 4. The average Bonchev–Trinajstić information content (AvgIpc) is 3.02. The van der Waals surface area contributed by atoms with Crippen molar-refractivity contribution >= 4 is 12.1 Å². The number of carbonyl (C=O) groups is 2. The van der Waals surface area contributed by atoms with Crippen LogP contribution in [0.1, 0.15) is 28.5 Å². The predicted octanol–water partition coefficient (Wildman–Crippen LogP) is 2.75. The Labute approximate surface area is 134 Å². The van der Waals surface area contributed by atoms with Crippen molar-refractivity contribution in [3.05, 3.63) is 53.3 Å². The van der Waals surface area contributed by atoms with Crippen LogP contribution in [0.15, 0.2) is 36.5 Å². The summed E-state index contributed by atoms with van der Waals surface area (Å²) < 4.78 is 9.69. The van der Waals surface area contributed by atoms with Crippen LogP contribution in [0.25, 0.3) is 0 Å². The van der Waals surface area contributed by atoms with E-state index in [4.69, 9.17) is 9.47 Å². The molecule has 0 fully saturated rings. The number of nitrogens with one attached hydrogen (secondary N) is 1. The van der Waals surface area contributed by atoms with Crippen molar-refractivity contribution in [3.8, 4) is 5.75 Å². The van der Waals surface area contributed by atoms with Crippen molar-refractivity contribution < 1.29 is 19.1 Å². The van der Waals surface area contributed by atoms with Gasteiger partial charge in [0.25, 0.3) is 5.91 Å². The van der Waals surface area contributed by atoms with Gasteiger partial charge in [0.05, 0.1) is 6.61 Å². The Morgan fingerprint density at radius 2 is 2.00 bits per heavy atom. The van der Waals surface area contributed by atoms with Gasteiger partial charge in [0.2, 0.25) is 0 Å². The van der Waals surface area contributed by atoms with Crippen LogP contribution < -0.4 is 4.74 Å². The van der Waals surface area contributed by atoms with Gasteiger partial charge < -0.3 is 19.4 Å². The lowest BCUT2D eigenvalue weighted by Gasteiger charge is -2.27. The van der Waals surface area contributed by atoms with E-state index in [2.05, 4.69) is 4.98 Å². The quantitative estimate of drug-likeness (QED) is 0.698. The number of benzene rings is 1. The minimum absolute atomic E-state index is 0.0282. The number of hydrogen-bond donors (Lipinski definition) is 1. The molecule has 0 spiro atoms. The van der Waals surface area contributed by atoms with Crippen LogP contribution in [-0.4, -0.2) is 35.1 Å². The van der Waals surface area contributed by atoms with Gasteiger partial charge in [-0.1, -0.05) is 0 Å². The minimum atomic E-state index is -0.748. The molecule has 0 radical (unpaired) electrons. The minimum Gasteiger partial charge on any atom is -0.434 e. The van der Waals surface area contributed by atoms with Crippen LogP contribution in [0, 0.1) is 0 Å². The molecule has 2 aromatic rings. The first-order chi connectivity index (χ1) is 11.2. The zero-order chi connectivity index (χ0) is 16.2. The first kappa shape index (κ1) is 15.1. The fraction of sp³-hybridized carbons (Fsp3) is 0.294. The molecular formula is C17H18N2O4. The summed E-state index contributed by atoms with van der Waals surface area (Å²) in [6, 6.07) is 8.50. The Hall–Kier alpha value is -2.76. The topological polar surface area (TPSA) is 71.6 Å². The Morgan fingerprint density at radius 3 is 2.74 bits per heavy atom. The molecule has 6 heteroatoms. The monoisotopic (exact) mass is 314 g/mol. The molecule has 0 saturated heterocycles. The van der Waals surface area contributed by atoms with Crippen molar-refractivity contribution in [2.75, 3.05) is 13.2 Å². The zero-order valence-electron chi connectivity index (χ0n) is 12.9. The highest BCUT2D eigenvalue weighted by Gasteiger charge is 2.22. The molecule has 1 aliphatic heterocycles. The molecule has 1 aliphatic rings. The van der Waals surface area contributed by atoms with E-state index >= 15 is 0 Å². The Balaban J connectivity index is 1.65. The van der Waals surface area contributed by atoms with Gasteiger partial charge in [-0.15, -0.1) is 0 Å². The standard InChI is InChI=1S/C17H18N2O4/c1-2-22-17(21)23-14-5-3-12(4-6-14)16(20)19-10-8-15-13(11-19)7-9-18-15/h3-7,9,18H,2,8,10-11H2,1H3. The SMILES string of the molecule is CCOC(=O)Oc1ccc(C(=O)N2CCc3[nH]ccc3C2)cc1. The van der Waals surface area contributed by atoms with Gasteiger partial charge in [-0.3, -0.25) is 4.79 Å². The molecule has 1 amide bonds. The normalized spacial score (nSPS) is 13.3. The number of nitrogens with zero attached hydrogens (tertiary/aromatic N) is 1. The summed E-state index contributed by atoms with van der Waals surface area (Å²) in [7, 11) is 0. The van der Waals surface area contributed by atoms with Crippen LogP contribution in [0.2, 0.25) is 0 Å². The van der Waals surface area contributed by atoms with Crippen LogP contribution in [-0.2, 0) is 17.7 Å². The second kappa shape index (κ2) is 6.56. The number of ether oxygens (including phenoxy) is 2. The fourth-order valence-electron chi connectivity index (χ4n) is 2.61. The van der Waals surface area contributed by atoms with Crippen molar-refractivity contribution in [3.63, 3.8) is 0 Å². The van der Waals surface area contributed by atoms with Crippen molar-refractivity contribution in [1.29, 1.82) is 0 Å². The Kier molecular flexibility index (Phi) is 4.32. The van der Waals surface area contributed by atoms with Crippen molar-refractivity contribution in [2.24, 2.45) is 0 Å². The molecule has 2 heterocycles. The van der Waals surface area contributed by atoms with Gasteiger partial charge in [-0.2, -0.15) is 0 Å². The third-order valence-electron chi connectivity index (χ3n) is 3.77. The molecule has 0 aliphatic carbocycles. The summed E-state index contributed by atoms with van der Waals surface area (Å²) in [6.07, 6.45) is 1.99. The van der Waals surface area contributed by atoms with E-state index in [1.54, 1.807) is 31.2 Å². The van der Waals surface area contributed by atoms with Crippen molar-refractivity contribution in [2.45, 2.75) is 19.9 Å². The Morgan fingerprint density at radius 1 is 1.22 bits per heavy atom. The highest BCUT2D eigenvalue weighted by Crippen LogP contribution is 2.20. The number of aromatic amines is 1. The highest BCUT2D eigenvalue weighted by molar-refractivity contribution is 5.94. The third kappa shape index (κ3) is 3.36. The number of rotatable bonds is 3. The second-order valence-electron chi connectivity index (χ2n) is 5.27. The Bertz CT molecular complexity index is 706. The van der Waals surface area contributed by atoms with E-state index in [1.165, 1.54) is 5.69 Å². The van der Waals surface area contributed by atoms with E-state index in [0.717, 1.165) is 12.0 Å². The molecule has 0 atom stereocenters. The van der Waals surface area contributed by atoms with Crippen LogP contribution in [0.5, 0.6) is 5.75 Å². The number of fused-ring (bicyclic) bond motifs is 1.